The van der Waals surface area contributed by atoms with Crippen molar-refractivity contribution in [2.45, 2.75) is 13.0 Å². The molecule has 0 saturated carbocycles. The van der Waals surface area contributed by atoms with E-state index < -0.39 is 12.1 Å². The minimum atomic E-state index is -0.787. The fourth-order valence-corrected chi connectivity index (χ4v) is 1.30. The number of benzene rings is 1. The molecule has 1 unspecified atom stereocenters. The summed E-state index contributed by atoms with van der Waals surface area (Å²) in [5.74, 6) is -0.490. The number of rotatable bonds is 3. The first-order valence-corrected chi connectivity index (χ1v) is 4.84. The Morgan fingerprint density at radius 1 is 1.35 bits per heavy atom. The van der Waals surface area contributed by atoms with Gasteiger partial charge in [0, 0.05) is 6.92 Å². The van der Waals surface area contributed by atoms with E-state index in [0.29, 0.717) is 11.1 Å². The number of hydrogen-bond acceptors (Lipinski definition) is 4. The van der Waals surface area contributed by atoms with Gasteiger partial charge in [0.05, 0.1) is 23.3 Å². The average molecular weight is 226 g/mol. The SMILES string of the molecule is C=C(C#N)C(OC(C)=O)c1ccc(C#N)cc1. The van der Waals surface area contributed by atoms with Gasteiger partial charge in [-0.1, -0.05) is 18.7 Å². The van der Waals surface area contributed by atoms with Gasteiger partial charge in [0.15, 0.2) is 6.10 Å². The third kappa shape index (κ3) is 3.19. The van der Waals surface area contributed by atoms with Gasteiger partial charge in [-0.25, -0.2) is 0 Å². The molecule has 0 amide bonds. The van der Waals surface area contributed by atoms with Gasteiger partial charge in [-0.2, -0.15) is 10.5 Å². The van der Waals surface area contributed by atoms with Crippen LogP contribution in [0.25, 0.3) is 0 Å². The highest BCUT2D eigenvalue weighted by atomic mass is 16.5. The van der Waals surface area contributed by atoms with Crippen molar-refractivity contribution in [2.24, 2.45) is 0 Å². The first kappa shape index (κ1) is 12.5. The number of nitrogens with zero attached hydrogens (tertiary/aromatic N) is 2. The van der Waals surface area contributed by atoms with E-state index in [9.17, 15) is 4.79 Å². The van der Waals surface area contributed by atoms with E-state index in [1.807, 2.05) is 12.1 Å². The van der Waals surface area contributed by atoms with Gasteiger partial charge in [-0.15, -0.1) is 0 Å². The maximum absolute atomic E-state index is 10.9. The van der Waals surface area contributed by atoms with Gasteiger partial charge in [0.2, 0.25) is 0 Å². The Balaban J connectivity index is 3.05. The van der Waals surface area contributed by atoms with E-state index in [4.69, 9.17) is 15.3 Å². The highest BCUT2D eigenvalue weighted by Crippen LogP contribution is 2.24. The van der Waals surface area contributed by atoms with Gasteiger partial charge < -0.3 is 4.74 Å². The summed E-state index contributed by atoms with van der Waals surface area (Å²) in [6, 6.07) is 10.3. The first-order valence-electron chi connectivity index (χ1n) is 4.84. The molecule has 0 radical (unpaired) electrons. The van der Waals surface area contributed by atoms with Crippen molar-refractivity contribution in [3.05, 3.63) is 47.5 Å². The lowest BCUT2D eigenvalue weighted by Gasteiger charge is -2.15. The third-order valence-electron chi connectivity index (χ3n) is 2.09. The summed E-state index contributed by atoms with van der Waals surface area (Å²) in [6.07, 6.45) is -0.787. The Morgan fingerprint density at radius 3 is 2.35 bits per heavy atom. The molecule has 0 bridgehead atoms. The molecule has 0 aliphatic rings. The lowest BCUT2D eigenvalue weighted by atomic mass is 10.0. The van der Waals surface area contributed by atoms with Gasteiger partial charge in [-0.3, -0.25) is 4.79 Å². The molecule has 0 N–H and O–H groups in total. The number of ether oxygens (including phenoxy) is 1. The molecular weight excluding hydrogens is 216 g/mol. The lowest BCUT2D eigenvalue weighted by molar-refractivity contribution is -0.144. The number of carbonyl (C=O) groups is 1. The van der Waals surface area contributed by atoms with Crippen molar-refractivity contribution in [1.82, 2.24) is 0 Å². The van der Waals surface area contributed by atoms with E-state index >= 15 is 0 Å². The van der Waals surface area contributed by atoms with E-state index in [2.05, 4.69) is 6.58 Å². The molecule has 0 aliphatic heterocycles. The minimum Gasteiger partial charge on any atom is -0.452 e. The van der Waals surface area contributed by atoms with Crippen molar-refractivity contribution in [3.8, 4) is 12.1 Å². The second-order valence-corrected chi connectivity index (χ2v) is 3.36. The van der Waals surface area contributed by atoms with Gasteiger partial charge in [0.25, 0.3) is 0 Å². The van der Waals surface area contributed by atoms with Crippen molar-refractivity contribution < 1.29 is 9.53 Å². The summed E-state index contributed by atoms with van der Waals surface area (Å²) in [4.78, 5) is 10.9. The standard InChI is InChI=1S/C13H10N2O2/c1-9(7-14)13(17-10(2)16)12-5-3-11(8-15)4-6-12/h3-6,13H,1H2,2H3. The zero-order valence-corrected chi connectivity index (χ0v) is 9.30. The number of nitriles is 2. The molecular formula is C13H10N2O2. The number of carbonyl (C=O) groups excluding carboxylic acids is 1. The number of hydrogen-bond donors (Lipinski definition) is 0. The molecule has 0 fully saturated rings. The van der Waals surface area contributed by atoms with Crippen LogP contribution in [0, 0.1) is 22.7 Å². The van der Waals surface area contributed by atoms with Gasteiger partial charge in [0.1, 0.15) is 0 Å². The molecule has 17 heavy (non-hydrogen) atoms. The molecule has 1 aromatic carbocycles. The Labute approximate surface area is 99.4 Å². The van der Waals surface area contributed by atoms with Crippen LogP contribution >= 0.6 is 0 Å². The fraction of sp³-hybridized carbons (Fsp3) is 0.154. The topological polar surface area (TPSA) is 73.9 Å². The second-order valence-electron chi connectivity index (χ2n) is 3.36. The maximum Gasteiger partial charge on any atom is 0.303 e. The van der Waals surface area contributed by atoms with Crippen molar-refractivity contribution in [2.75, 3.05) is 0 Å². The summed E-state index contributed by atoms with van der Waals surface area (Å²) in [5.41, 5.74) is 1.26. The maximum atomic E-state index is 10.9. The Morgan fingerprint density at radius 2 is 1.94 bits per heavy atom. The van der Waals surface area contributed by atoms with Crippen LogP contribution in [0.15, 0.2) is 36.4 Å². The Hall–Kier alpha value is -2.59. The highest BCUT2D eigenvalue weighted by molar-refractivity contribution is 5.67. The van der Waals surface area contributed by atoms with Crippen LogP contribution in [-0.2, 0) is 9.53 Å². The largest absolute Gasteiger partial charge is 0.452 e. The zero-order valence-electron chi connectivity index (χ0n) is 9.30. The first-order chi connectivity index (χ1) is 8.08. The third-order valence-corrected chi connectivity index (χ3v) is 2.09. The zero-order chi connectivity index (χ0) is 12.8. The summed E-state index contributed by atoms with van der Waals surface area (Å²) >= 11 is 0. The molecule has 4 heteroatoms. The molecule has 84 valence electrons. The van der Waals surface area contributed by atoms with E-state index in [-0.39, 0.29) is 5.57 Å². The van der Waals surface area contributed by atoms with Gasteiger partial charge in [-0.05, 0) is 17.7 Å². The van der Waals surface area contributed by atoms with Crippen molar-refractivity contribution in [3.63, 3.8) is 0 Å². The smallest absolute Gasteiger partial charge is 0.303 e. The quantitative estimate of drug-likeness (QED) is 0.585. The molecule has 1 atom stereocenters. The monoisotopic (exact) mass is 226 g/mol. The summed E-state index contributed by atoms with van der Waals surface area (Å²) in [7, 11) is 0. The predicted octanol–water partition coefficient (Wildman–Crippen LogP) is 2.24. The second kappa shape index (κ2) is 5.48. The summed E-state index contributed by atoms with van der Waals surface area (Å²) in [5, 5.41) is 17.4. The summed E-state index contributed by atoms with van der Waals surface area (Å²) < 4.78 is 5.02. The Kier molecular flexibility index (Phi) is 4.02. The molecule has 0 heterocycles. The molecule has 0 aromatic heterocycles. The number of esters is 1. The van der Waals surface area contributed by atoms with E-state index in [1.165, 1.54) is 6.92 Å². The lowest BCUT2D eigenvalue weighted by Crippen LogP contribution is -2.09. The van der Waals surface area contributed by atoms with E-state index in [0.717, 1.165) is 0 Å². The van der Waals surface area contributed by atoms with Gasteiger partial charge >= 0.3 is 5.97 Å². The Bertz CT molecular complexity index is 518. The normalized spacial score (nSPS) is 10.8. The molecule has 4 nitrogen and oxygen atoms in total. The predicted molar refractivity (Wildman–Crippen MR) is 60.4 cm³/mol. The van der Waals surface area contributed by atoms with Crippen molar-refractivity contribution in [1.29, 1.82) is 10.5 Å². The summed E-state index contributed by atoms with van der Waals surface area (Å²) in [6.45, 7) is 4.81. The van der Waals surface area contributed by atoms with Crippen LogP contribution in [0.2, 0.25) is 0 Å². The van der Waals surface area contributed by atoms with Crippen LogP contribution in [0.4, 0.5) is 0 Å². The fourth-order valence-electron chi connectivity index (χ4n) is 1.30. The van der Waals surface area contributed by atoms with Crippen LogP contribution in [0.1, 0.15) is 24.2 Å². The highest BCUT2D eigenvalue weighted by Gasteiger charge is 2.18. The molecule has 0 aliphatic carbocycles. The molecule has 1 aromatic rings. The average Bonchev–Trinajstić information content (AvgIpc) is 2.35. The minimum absolute atomic E-state index is 0.143. The molecule has 0 spiro atoms. The van der Waals surface area contributed by atoms with Crippen LogP contribution in [0.5, 0.6) is 0 Å². The van der Waals surface area contributed by atoms with Crippen LogP contribution in [-0.4, -0.2) is 5.97 Å². The van der Waals surface area contributed by atoms with Crippen LogP contribution in [0.3, 0.4) is 0 Å². The molecule has 1 rings (SSSR count). The van der Waals surface area contributed by atoms with Crippen molar-refractivity contribution >= 4 is 5.97 Å². The van der Waals surface area contributed by atoms with E-state index in [1.54, 1.807) is 24.3 Å². The van der Waals surface area contributed by atoms with Crippen LogP contribution < -0.4 is 0 Å². The molecule has 0 saturated heterocycles.